The Morgan fingerprint density at radius 2 is 1.40 bits per heavy atom. The second kappa shape index (κ2) is 5.25. The second-order valence-electron chi connectivity index (χ2n) is 4.52. The van der Waals surface area contributed by atoms with Crippen molar-refractivity contribution in [1.29, 1.82) is 0 Å². The first-order chi connectivity index (χ1) is 7.35. The summed E-state index contributed by atoms with van der Waals surface area (Å²) in [6.07, 6.45) is 1.34. The van der Waals surface area contributed by atoms with Crippen molar-refractivity contribution in [2.45, 2.75) is 18.5 Å². The zero-order chi connectivity index (χ0) is 10.7. The highest BCUT2D eigenvalue weighted by atomic mass is 16.5. The molecule has 2 rings (SSSR count). The minimum Gasteiger partial charge on any atom is -0.383 e. The summed E-state index contributed by atoms with van der Waals surface area (Å²) in [7, 11) is 3.55. The first kappa shape index (κ1) is 11.3. The van der Waals surface area contributed by atoms with Gasteiger partial charge in [-0.1, -0.05) is 0 Å². The van der Waals surface area contributed by atoms with Crippen LogP contribution in [0.5, 0.6) is 0 Å². The van der Waals surface area contributed by atoms with Gasteiger partial charge in [0, 0.05) is 52.5 Å². The number of methoxy groups -OCH3 is 2. The molecule has 0 radical (unpaired) electrons. The van der Waals surface area contributed by atoms with Crippen molar-refractivity contribution in [3.05, 3.63) is 0 Å². The summed E-state index contributed by atoms with van der Waals surface area (Å²) in [5, 5.41) is 0. The fourth-order valence-electron chi connectivity index (χ4n) is 2.80. The van der Waals surface area contributed by atoms with E-state index in [4.69, 9.17) is 9.47 Å². The number of hydrogen-bond donors (Lipinski definition) is 0. The standard InChI is InChI=1S/C11H22N2O2/c1-14-5-3-12-8-11-7-10(12)9-13(11)4-6-15-2/h10-11H,3-9H2,1-2H3. The van der Waals surface area contributed by atoms with Gasteiger partial charge in [0.05, 0.1) is 13.2 Å². The lowest BCUT2D eigenvalue weighted by molar-refractivity contribution is 0.0763. The first-order valence-electron chi connectivity index (χ1n) is 5.81. The third kappa shape index (κ3) is 2.50. The summed E-state index contributed by atoms with van der Waals surface area (Å²) in [6, 6.07) is 1.53. The highest BCUT2D eigenvalue weighted by Crippen LogP contribution is 2.29. The van der Waals surface area contributed by atoms with Crippen LogP contribution in [-0.4, -0.2) is 75.5 Å². The third-order valence-electron chi connectivity index (χ3n) is 3.63. The zero-order valence-electron chi connectivity index (χ0n) is 9.82. The van der Waals surface area contributed by atoms with E-state index >= 15 is 0 Å². The Morgan fingerprint density at radius 3 is 1.73 bits per heavy atom. The van der Waals surface area contributed by atoms with E-state index in [1.807, 2.05) is 0 Å². The van der Waals surface area contributed by atoms with Gasteiger partial charge in [-0.25, -0.2) is 0 Å². The maximum absolute atomic E-state index is 5.13. The van der Waals surface area contributed by atoms with Gasteiger partial charge in [0.1, 0.15) is 0 Å². The van der Waals surface area contributed by atoms with Crippen LogP contribution in [0, 0.1) is 0 Å². The summed E-state index contributed by atoms with van der Waals surface area (Å²) < 4.78 is 10.3. The van der Waals surface area contributed by atoms with E-state index in [9.17, 15) is 0 Å². The quantitative estimate of drug-likeness (QED) is 0.623. The molecule has 2 aliphatic rings. The number of piperazine rings is 1. The summed E-state index contributed by atoms with van der Waals surface area (Å²) in [5.74, 6) is 0. The SMILES string of the molecule is COCCN1CC2CC1CN2CCOC. The Kier molecular flexibility index (Phi) is 3.97. The molecule has 4 heteroatoms. The van der Waals surface area contributed by atoms with Crippen LogP contribution in [-0.2, 0) is 9.47 Å². The Bertz CT molecular complexity index is 181. The monoisotopic (exact) mass is 214 g/mol. The number of fused-ring (bicyclic) bond motifs is 2. The summed E-state index contributed by atoms with van der Waals surface area (Å²) in [5.41, 5.74) is 0. The Labute approximate surface area is 92.1 Å². The number of hydrogen-bond acceptors (Lipinski definition) is 4. The second-order valence-corrected chi connectivity index (χ2v) is 4.52. The van der Waals surface area contributed by atoms with E-state index in [1.165, 1.54) is 19.5 Å². The van der Waals surface area contributed by atoms with Crippen LogP contribution in [0.15, 0.2) is 0 Å². The molecule has 2 aliphatic heterocycles. The van der Waals surface area contributed by atoms with Crippen molar-refractivity contribution in [3.63, 3.8) is 0 Å². The Balaban J connectivity index is 1.73. The minimum absolute atomic E-state index is 0.766. The molecule has 0 aromatic rings. The molecule has 0 aromatic carbocycles. The molecule has 88 valence electrons. The van der Waals surface area contributed by atoms with Crippen LogP contribution >= 0.6 is 0 Å². The van der Waals surface area contributed by atoms with E-state index in [-0.39, 0.29) is 0 Å². The molecule has 0 spiro atoms. The van der Waals surface area contributed by atoms with E-state index in [1.54, 1.807) is 14.2 Å². The fourth-order valence-corrected chi connectivity index (χ4v) is 2.80. The maximum atomic E-state index is 5.13. The van der Waals surface area contributed by atoms with Crippen LogP contribution in [0.4, 0.5) is 0 Å². The first-order valence-corrected chi connectivity index (χ1v) is 5.81. The molecule has 2 fully saturated rings. The summed E-state index contributed by atoms with van der Waals surface area (Å²) in [6.45, 7) is 6.35. The summed E-state index contributed by atoms with van der Waals surface area (Å²) in [4.78, 5) is 5.13. The molecule has 0 aliphatic carbocycles. The van der Waals surface area contributed by atoms with Crippen molar-refractivity contribution < 1.29 is 9.47 Å². The van der Waals surface area contributed by atoms with E-state index in [2.05, 4.69) is 9.80 Å². The average molecular weight is 214 g/mol. The van der Waals surface area contributed by atoms with Crippen molar-refractivity contribution in [2.75, 3.05) is 53.6 Å². The third-order valence-corrected chi connectivity index (χ3v) is 3.63. The molecule has 2 bridgehead atoms. The van der Waals surface area contributed by atoms with Gasteiger partial charge in [0.25, 0.3) is 0 Å². The molecule has 15 heavy (non-hydrogen) atoms. The molecule has 2 unspecified atom stereocenters. The molecule has 0 N–H and O–H groups in total. The van der Waals surface area contributed by atoms with Gasteiger partial charge >= 0.3 is 0 Å². The fraction of sp³-hybridized carbons (Fsp3) is 1.00. The molecule has 0 saturated carbocycles. The normalized spacial score (nSPS) is 31.6. The highest BCUT2D eigenvalue weighted by Gasteiger charge is 2.42. The van der Waals surface area contributed by atoms with Gasteiger partial charge in [-0.05, 0) is 6.42 Å². The molecular weight excluding hydrogens is 192 g/mol. The average Bonchev–Trinajstić information content (AvgIpc) is 2.82. The van der Waals surface area contributed by atoms with Crippen molar-refractivity contribution in [1.82, 2.24) is 9.80 Å². The number of nitrogens with zero attached hydrogens (tertiary/aromatic N) is 2. The van der Waals surface area contributed by atoms with Gasteiger partial charge in [-0.15, -0.1) is 0 Å². The van der Waals surface area contributed by atoms with Gasteiger partial charge in [-0.2, -0.15) is 0 Å². The van der Waals surface area contributed by atoms with Crippen LogP contribution in [0.1, 0.15) is 6.42 Å². The Morgan fingerprint density at radius 1 is 0.933 bits per heavy atom. The largest absolute Gasteiger partial charge is 0.383 e. The van der Waals surface area contributed by atoms with Crippen molar-refractivity contribution in [3.8, 4) is 0 Å². The molecule has 2 heterocycles. The lowest BCUT2D eigenvalue weighted by atomic mass is 10.2. The Hall–Kier alpha value is -0.160. The van der Waals surface area contributed by atoms with Crippen LogP contribution in [0.3, 0.4) is 0 Å². The van der Waals surface area contributed by atoms with Gasteiger partial charge in [0.15, 0.2) is 0 Å². The maximum Gasteiger partial charge on any atom is 0.0589 e. The van der Waals surface area contributed by atoms with Crippen molar-refractivity contribution in [2.24, 2.45) is 0 Å². The summed E-state index contributed by atoms with van der Waals surface area (Å²) >= 11 is 0. The van der Waals surface area contributed by atoms with Gasteiger partial charge in [-0.3, -0.25) is 9.80 Å². The van der Waals surface area contributed by atoms with Crippen molar-refractivity contribution >= 4 is 0 Å². The lowest BCUT2D eigenvalue weighted by Crippen LogP contribution is -2.48. The smallest absolute Gasteiger partial charge is 0.0589 e. The predicted molar refractivity (Wildman–Crippen MR) is 59.1 cm³/mol. The molecule has 2 atom stereocenters. The number of rotatable bonds is 6. The van der Waals surface area contributed by atoms with Gasteiger partial charge < -0.3 is 9.47 Å². The minimum atomic E-state index is 0.766. The topological polar surface area (TPSA) is 24.9 Å². The van der Waals surface area contributed by atoms with Crippen LogP contribution in [0.25, 0.3) is 0 Å². The number of ether oxygens (including phenoxy) is 2. The molecule has 2 saturated heterocycles. The van der Waals surface area contributed by atoms with Crippen LogP contribution < -0.4 is 0 Å². The van der Waals surface area contributed by atoms with E-state index in [0.717, 1.165) is 38.4 Å². The van der Waals surface area contributed by atoms with Gasteiger partial charge in [0.2, 0.25) is 0 Å². The van der Waals surface area contributed by atoms with Crippen LogP contribution in [0.2, 0.25) is 0 Å². The lowest BCUT2D eigenvalue weighted by Gasteiger charge is -2.33. The molecule has 4 nitrogen and oxygen atoms in total. The highest BCUT2D eigenvalue weighted by molar-refractivity contribution is 4.99. The zero-order valence-corrected chi connectivity index (χ0v) is 9.82. The molecule has 0 amide bonds. The van der Waals surface area contributed by atoms with E-state index < -0.39 is 0 Å². The number of likely N-dealkylation sites (tertiary alicyclic amines) is 2. The predicted octanol–water partition coefficient (Wildman–Crippen LogP) is 0.0377. The molecule has 0 aromatic heterocycles. The molecular formula is C11H22N2O2. The van der Waals surface area contributed by atoms with E-state index in [0.29, 0.717) is 0 Å².